The van der Waals surface area contributed by atoms with Crippen molar-refractivity contribution in [2.24, 2.45) is 5.92 Å². The standard InChI is InChI=1S/C16H24N2O4S.ClH/c1-13(16(19)18-10-3-8-17-9-11-18)12-23(20,21)15-6-4-14(22-2)5-7-15;/h4-7,13,17H,3,8-12H2,1-2H3;1H. The summed E-state index contributed by atoms with van der Waals surface area (Å²) in [6, 6.07) is 6.25. The van der Waals surface area contributed by atoms with Crippen LogP contribution < -0.4 is 10.1 Å². The molecule has 1 aliphatic rings. The Morgan fingerprint density at radius 3 is 2.54 bits per heavy atom. The molecule has 2 rings (SSSR count). The average molecular weight is 377 g/mol. The number of nitrogens with one attached hydrogen (secondary N) is 1. The van der Waals surface area contributed by atoms with Crippen LogP contribution in [-0.2, 0) is 14.6 Å². The van der Waals surface area contributed by atoms with Crippen molar-refractivity contribution in [1.82, 2.24) is 10.2 Å². The second-order valence-electron chi connectivity index (χ2n) is 5.79. The zero-order valence-corrected chi connectivity index (χ0v) is 15.7. The van der Waals surface area contributed by atoms with Gasteiger partial charge in [0.2, 0.25) is 5.91 Å². The van der Waals surface area contributed by atoms with Crippen molar-refractivity contribution in [3.05, 3.63) is 24.3 Å². The third-order valence-corrected chi connectivity index (χ3v) is 5.89. The quantitative estimate of drug-likeness (QED) is 0.839. The summed E-state index contributed by atoms with van der Waals surface area (Å²) >= 11 is 0. The van der Waals surface area contributed by atoms with Gasteiger partial charge in [-0.15, -0.1) is 12.4 Å². The predicted molar refractivity (Wildman–Crippen MR) is 95.5 cm³/mol. The van der Waals surface area contributed by atoms with Crippen LogP contribution in [0.4, 0.5) is 0 Å². The molecule has 0 spiro atoms. The Labute approximate surface area is 149 Å². The molecule has 1 aliphatic heterocycles. The lowest BCUT2D eigenvalue weighted by molar-refractivity contribution is -0.134. The molecular formula is C16H25ClN2O4S. The molecule has 24 heavy (non-hydrogen) atoms. The van der Waals surface area contributed by atoms with Crippen LogP contribution in [-0.4, -0.2) is 58.3 Å². The minimum absolute atomic E-state index is 0. The largest absolute Gasteiger partial charge is 0.497 e. The van der Waals surface area contributed by atoms with E-state index in [2.05, 4.69) is 5.32 Å². The number of carbonyl (C=O) groups excluding carboxylic acids is 1. The first kappa shape index (κ1) is 20.7. The zero-order valence-electron chi connectivity index (χ0n) is 14.0. The van der Waals surface area contributed by atoms with Gasteiger partial charge in [0.15, 0.2) is 9.84 Å². The SMILES string of the molecule is COc1ccc(S(=O)(=O)CC(C)C(=O)N2CCCNCC2)cc1.Cl. The summed E-state index contributed by atoms with van der Waals surface area (Å²) in [4.78, 5) is 14.5. The smallest absolute Gasteiger partial charge is 0.226 e. The van der Waals surface area contributed by atoms with Gasteiger partial charge in [0, 0.05) is 25.6 Å². The number of methoxy groups -OCH3 is 1. The number of rotatable bonds is 5. The van der Waals surface area contributed by atoms with Crippen LogP contribution in [0.25, 0.3) is 0 Å². The van der Waals surface area contributed by atoms with E-state index in [1.165, 1.54) is 19.2 Å². The monoisotopic (exact) mass is 376 g/mol. The molecule has 1 heterocycles. The van der Waals surface area contributed by atoms with Gasteiger partial charge in [-0.3, -0.25) is 4.79 Å². The van der Waals surface area contributed by atoms with Crippen molar-refractivity contribution >= 4 is 28.2 Å². The van der Waals surface area contributed by atoms with Gasteiger partial charge >= 0.3 is 0 Å². The van der Waals surface area contributed by atoms with Gasteiger partial charge in [-0.05, 0) is 37.2 Å². The maximum atomic E-state index is 12.5. The first-order valence-corrected chi connectivity index (χ1v) is 9.45. The highest BCUT2D eigenvalue weighted by Crippen LogP contribution is 2.19. The first-order chi connectivity index (χ1) is 10.9. The van der Waals surface area contributed by atoms with Crippen molar-refractivity contribution in [2.45, 2.75) is 18.2 Å². The van der Waals surface area contributed by atoms with Gasteiger partial charge in [-0.2, -0.15) is 0 Å². The first-order valence-electron chi connectivity index (χ1n) is 7.80. The fourth-order valence-electron chi connectivity index (χ4n) is 2.66. The van der Waals surface area contributed by atoms with Crippen molar-refractivity contribution in [3.63, 3.8) is 0 Å². The topological polar surface area (TPSA) is 75.7 Å². The van der Waals surface area contributed by atoms with Gasteiger partial charge in [0.25, 0.3) is 0 Å². The van der Waals surface area contributed by atoms with Crippen LogP contribution in [0.3, 0.4) is 0 Å². The molecule has 6 nitrogen and oxygen atoms in total. The van der Waals surface area contributed by atoms with E-state index in [9.17, 15) is 13.2 Å². The summed E-state index contributed by atoms with van der Waals surface area (Å²) < 4.78 is 30.0. The number of amides is 1. The van der Waals surface area contributed by atoms with Crippen LogP contribution in [0.15, 0.2) is 29.2 Å². The summed E-state index contributed by atoms with van der Waals surface area (Å²) in [6.07, 6.45) is 0.893. The normalized spacial score (nSPS) is 16.7. The number of benzene rings is 1. The van der Waals surface area contributed by atoms with Crippen LogP contribution in [0, 0.1) is 5.92 Å². The van der Waals surface area contributed by atoms with Crippen LogP contribution >= 0.6 is 12.4 Å². The Bertz CT molecular complexity index is 626. The fraction of sp³-hybridized carbons (Fsp3) is 0.562. The number of hydrogen-bond donors (Lipinski definition) is 1. The molecule has 1 aromatic rings. The zero-order chi connectivity index (χ0) is 16.9. The molecule has 1 aromatic carbocycles. The van der Waals surface area contributed by atoms with Gasteiger partial charge in [0.1, 0.15) is 5.75 Å². The maximum absolute atomic E-state index is 12.5. The molecule has 1 unspecified atom stereocenters. The molecule has 8 heteroatoms. The highest BCUT2D eigenvalue weighted by molar-refractivity contribution is 7.91. The lowest BCUT2D eigenvalue weighted by Crippen LogP contribution is -2.39. The highest BCUT2D eigenvalue weighted by Gasteiger charge is 2.27. The van der Waals surface area contributed by atoms with Crippen molar-refractivity contribution < 1.29 is 17.9 Å². The maximum Gasteiger partial charge on any atom is 0.226 e. The summed E-state index contributed by atoms with van der Waals surface area (Å²) in [5, 5.41) is 3.23. The minimum Gasteiger partial charge on any atom is -0.497 e. The van der Waals surface area contributed by atoms with Crippen LogP contribution in [0.2, 0.25) is 0 Å². The number of sulfone groups is 1. The number of ether oxygens (including phenoxy) is 1. The minimum atomic E-state index is -3.50. The lowest BCUT2D eigenvalue weighted by atomic mass is 10.2. The summed E-state index contributed by atoms with van der Waals surface area (Å²) in [7, 11) is -1.97. The highest BCUT2D eigenvalue weighted by atomic mass is 35.5. The van der Waals surface area contributed by atoms with E-state index >= 15 is 0 Å². The van der Waals surface area contributed by atoms with E-state index in [4.69, 9.17) is 4.74 Å². The number of halogens is 1. The summed E-state index contributed by atoms with van der Waals surface area (Å²) in [5.41, 5.74) is 0. The van der Waals surface area contributed by atoms with E-state index in [1.807, 2.05) is 0 Å². The van der Waals surface area contributed by atoms with E-state index < -0.39 is 15.8 Å². The van der Waals surface area contributed by atoms with Crippen molar-refractivity contribution in [2.75, 3.05) is 39.0 Å². The number of hydrogen-bond acceptors (Lipinski definition) is 5. The Morgan fingerprint density at radius 2 is 1.92 bits per heavy atom. The molecule has 0 saturated carbocycles. The van der Waals surface area contributed by atoms with E-state index in [-0.39, 0.29) is 29.0 Å². The predicted octanol–water partition coefficient (Wildman–Crippen LogP) is 1.35. The third kappa shape index (κ3) is 5.36. The molecule has 1 amide bonds. The molecular weight excluding hydrogens is 352 g/mol. The van der Waals surface area contributed by atoms with E-state index in [0.29, 0.717) is 18.8 Å². The Kier molecular flexibility index (Phi) is 7.99. The molecule has 0 bridgehead atoms. The summed E-state index contributed by atoms with van der Waals surface area (Å²) in [6.45, 7) is 4.64. The molecule has 1 N–H and O–H groups in total. The molecule has 0 radical (unpaired) electrons. The van der Waals surface area contributed by atoms with E-state index in [0.717, 1.165) is 19.5 Å². The fourth-order valence-corrected chi connectivity index (χ4v) is 4.20. The van der Waals surface area contributed by atoms with Crippen molar-refractivity contribution in [1.29, 1.82) is 0 Å². The second kappa shape index (κ2) is 9.25. The average Bonchev–Trinajstić information content (AvgIpc) is 2.83. The molecule has 1 atom stereocenters. The number of nitrogens with zero attached hydrogens (tertiary/aromatic N) is 1. The Morgan fingerprint density at radius 1 is 1.25 bits per heavy atom. The lowest BCUT2D eigenvalue weighted by Gasteiger charge is -2.23. The van der Waals surface area contributed by atoms with Crippen molar-refractivity contribution in [3.8, 4) is 5.75 Å². The Hall–Kier alpha value is -1.31. The third-order valence-electron chi connectivity index (χ3n) is 3.96. The van der Waals surface area contributed by atoms with Gasteiger partial charge in [0.05, 0.1) is 17.8 Å². The Balaban J connectivity index is 0.00000288. The van der Waals surface area contributed by atoms with Gasteiger partial charge in [-0.25, -0.2) is 8.42 Å². The van der Waals surface area contributed by atoms with Gasteiger partial charge < -0.3 is 15.0 Å². The molecule has 0 aliphatic carbocycles. The molecule has 1 saturated heterocycles. The molecule has 1 fully saturated rings. The van der Waals surface area contributed by atoms with Gasteiger partial charge in [-0.1, -0.05) is 6.92 Å². The molecule has 136 valence electrons. The van der Waals surface area contributed by atoms with Crippen LogP contribution in [0.5, 0.6) is 5.75 Å². The van der Waals surface area contributed by atoms with Crippen LogP contribution in [0.1, 0.15) is 13.3 Å². The summed E-state index contributed by atoms with van der Waals surface area (Å²) in [5.74, 6) is -0.224. The van der Waals surface area contributed by atoms with E-state index in [1.54, 1.807) is 24.0 Å². The molecule has 0 aromatic heterocycles. The number of carbonyl (C=O) groups is 1. The second-order valence-corrected chi connectivity index (χ2v) is 7.82.